The van der Waals surface area contributed by atoms with Crippen LogP contribution in [-0.4, -0.2) is 77.5 Å². The highest BCUT2D eigenvalue weighted by Gasteiger charge is 2.31. The van der Waals surface area contributed by atoms with E-state index in [0.717, 1.165) is 45.1 Å². The van der Waals surface area contributed by atoms with Gasteiger partial charge in [-0.1, -0.05) is 0 Å². The third kappa shape index (κ3) is 4.14. The second kappa shape index (κ2) is 7.19. The highest BCUT2D eigenvalue weighted by atomic mass is 32.2. The van der Waals surface area contributed by atoms with Gasteiger partial charge in [-0.05, 0) is 31.9 Å². The molecule has 0 spiro atoms. The minimum Gasteiger partial charge on any atom is -0.335 e. The summed E-state index contributed by atoms with van der Waals surface area (Å²) in [6.45, 7) is 5.75. The predicted molar refractivity (Wildman–Crippen MR) is 88.0 cm³/mol. The molecule has 0 aromatic carbocycles. The lowest BCUT2D eigenvalue weighted by Gasteiger charge is -2.39. The van der Waals surface area contributed by atoms with Gasteiger partial charge in [0.2, 0.25) is 5.91 Å². The van der Waals surface area contributed by atoms with E-state index in [4.69, 9.17) is 0 Å². The maximum Gasteiger partial charge on any atom is 0.321 e. The number of hydrogen-bond acceptors (Lipinski definition) is 5. The van der Waals surface area contributed by atoms with Gasteiger partial charge in [0.1, 0.15) is 0 Å². The van der Waals surface area contributed by atoms with Crippen molar-refractivity contribution in [3.05, 3.63) is 0 Å². The molecule has 2 N–H and O–H groups in total. The number of rotatable bonds is 4. The molecule has 6 nitrogen and oxygen atoms in total. The SMILES string of the molecule is C[C@H](C(=O)NC(=O)NC1CC1)N1CCN([C@H]2CCSC2)CC1. The number of hydrogen-bond donors (Lipinski definition) is 2. The number of piperazine rings is 1. The first-order valence-corrected chi connectivity index (χ1v) is 9.46. The first-order valence-electron chi connectivity index (χ1n) is 8.30. The molecule has 124 valence electrons. The molecule has 0 unspecified atom stereocenters. The predicted octanol–water partition coefficient (Wildman–Crippen LogP) is 0.486. The van der Waals surface area contributed by atoms with Crippen LogP contribution in [0.2, 0.25) is 0 Å². The Balaban J connectivity index is 1.41. The number of urea groups is 1. The van der Waals surface area contributed by atoms with Crippen molar-refractivity contribution in [2.24, 2.45) is 0 Å². The zero-order valence-corrected chi connectivity index (χ0v) is 14.0. The van der Waals surface area contributed by atoms with E-state index in [1.807, 2.05) is 18.7 Å². The number of carbonyl (C=O) groups excluding carboxylic acids is 2. The molecule has 3 aliphatic rings. The van der Waals surface area contributed by atoms with Gasteiger partial charge < -0.3 is 5.32 Å². The zero-order valence-electron chi connectivity index (χ0n) is 13.2. The third-order valence-electron chi connectivity index (χ3n) is 4.85. The number of amides is 3. The third-order valence-corrected chi connectivity index (χ3v) is 5.99. The summed E-state index contributed by atoms with van der Waals surface area (Å²) in [6.07, 6.45) is 3.35. The van der Waals surface area contributed by atoms with Crippen LogP contribution in [0, 0.1) is 0 Å². The van der Waals surface area contributed by atoms with Gasteiger partial charge in [0.05, 0.1) is 6.04 Å². The summed E-state index contributed by atoms with van der Waals surface area (Å²) in [4.78, 5) is 28.5. The molecule has 0 aromatic heterocycles. The summed E-state index contributed by atoms with van der Waals surface area (Å²) in [5.41, 5.74) is 0. The van der Waals surface area contributed by atoms with Crippen molar-refractivity contribution in [3.63, 3.8) is 0 Å². The first-order chi connectivity index (χ1) is 10.6. The monoisotopic (exact) mass is 326 g/mol. The molecule has 1 aliphatic carbocycles. The topological polar surface area (TPSA) is 64.7 Å². The fourth-order valence-corrected chi connectivity index (χ4v) is 4.39. The van der Waals surface area contributed by atoms with E-state index in [0.29, 0.717) is 0 Å². The van der Waals surface area contributed by atoms with E-state index in [1.54, 1.807) is 0 Å². The van der Waals surface area contributed by atoms with E-state index < -0.39 is 0 Å². The Bertz CT molecular complexity index is 416. The second-order valence-electron chi connectivity index (χ2n) is 6.50. The molecule has 3 amide bonds. The van der Waals surface area contributed by atoms with Crippen LogP contribution >= 0.6 is 11.8 Å². The van der Waals surface area contributed by atoms with Crippen LogP contribution in [0.1, 0.15) is 26.2 Å². The Labute approximate surface area is 136 Å². The summed E-state index contributed by atoms with van der Waals surface area (Å²) in [6, 6.07) is 0.405. The van der Waals surface area contributed by atoms with Crippen molar-refractivity contribution in [1.82, 2.24) is 20.4 Å². The van der Waals surface area contributed by atoms with Crippen LogP contribution in [0.3, 0.4) is 0 Å². The average Bonchev–Trinajstić information content (AvgIpc) is 3.16. The van der Waals surface area contributed by atoms with Crippen LogP contribution in [0.4, 0.5) is 4.79 Å². The van der Waals surface area contributed by atoms with Crippen molar-refractivity contribution in [2.45, 2.75) is 44.3 Å². The molecule has 2 aliphatic heterocycles. The molecule has 3 fully saturated rings. The summed E-state index contributed by atoms with van der Waals surface area (Å²) in [5, 5.41) is 5.25. The summed E-state index contributed by atoms with van der Waals surface area (Å²) in [7, 11) is 0. The first kappa shape index (κ1) is 16.1. The Morgan fingerprint density at radius 2 is 1.86 bits per heavy atom. The second-order valence-corrected chi connectivity index (χ2v) is 7.65. The highest BCUT2D eigenvalue weighted by molar-refractivity contribution is 7.99. The Hall–Kier alpha value is -0.790. The van der Waals surface area contributed by atoms with Gasteiger partial charge in [0.15, 0.2) is 0 Å². The lowest BCUT2D eigenvalue weighted by atomic mass is 10.1. The fraction of sp³-hybridized carbons (Fsp3) is 0.867. The molecule has 2 saturated heterocycles. The number of thioether (sulfide) groups is 1. The fourth-order valence-electron chi connectivity index (χ4n) is 3.13. The van der Waals surface area contributed by atoms with Gasteiger partial charge in [-0.3, -0.25) is 19.9 Å². The summed E-state index contributed by atoms with van der Waals surface area (Å²) < 4.78 is 0. The quantitative estimate of drug-likeness (QED) is 0.787. The van der Waals surface area contributed by atoms with Gasteiger partial charge >= 0.3 is 6.03 Å². The number of carbonyl (C=O) groups is 2. The van der Waals surface area contributed by atoms with Gasteiger partial charge in [-0.25, -0.2) is 4.79 Å². The molecule has 22 heavy (non-hydrogen) atoms. The molecule has 0 bridgehead atoms. The molecule has 3 rings (SSSR count). The van der Waals surface area contributed by atoms with Gasteiger partial charge in [0, 0.05) is 44.0 Å². The maximum absolute atomic E-state index is 12.2. The lowest BCUT2D eigenvalue weighted by Crippen LogP contribution is -2.57. The van der Waals surface area contributed by atoms with Crippen LogP contribution < -0.4 is 10.6 Å². The standard InChI is InChI=1S/C15H26N4O2S/c1-11(14(20)17-15(21)16-12-2-3-12)18-5-7-19(8-6-18)13-4-9-22-10-13/h11-13H,2-10H2,1H3,(H2,16,17,20,21)/t11-,13+/m1/s1. The van der Waals surface area contributed by atoms with Gasteiger partial charge in [-0.15, -0.1) is 0 Å². The number of nitrogens with one attached hydrogen (secondary N) is 2. The molecule has 2 atom stereocenters. The molecule has 0 radical (unpaired) electrons. The van der Waals surface area contributed by atoms with E-state index in [9.17, 15) is 9.59 Å². The Morgan fingerprint density at radius 1 is 1.14 bits per heavy atom. The minimum atomic E-state index is -0.346. The van der Waals surface area contributed by atoms with Crippen molar-refractivity contribution < 1.29 is 9.59 Å². The van der Waals surface area contributed by atoms with Crippen molar-refractivity contribution in [3.8, 4) is 0 Å². The minimum absolute atomic E-state index is 0.192. The van der Waals surface area contributed by atoms with Crippen molar-refractivity contribution in [2.75, 3.05) is 37.7 Å². The lowest BCUT2D eigenvalue weighted by molar-refractivity contribution is -0.125. The van der Waals surface area contributed by atoms with E-state index in [1.165, 1.54) is 17.9 Å². The number of imide groups is 1. The molecular formula is C15H26N4O2S. The largest absolute Gasteiger partial charge is 0.335 e. The van der Waals surface area contributed by atoms with Crippen LogP contribution in [-0.2, 0) is 4.79 Å². The highest BCUT2D eigenvalue weighted by Crippen LogP contribution is 2.23. The van der Waals surface area contributed by atoms with Crippen molar-refractivity contribution >= 4 is 23.7 Å². The average molecular weight is 326 g/mol. The molecule has 2 heterocycles. The summed E-state index contributed by atoms with van der Waals surface area (Å²) >= 11 is 2.04. The van der Waals surface area contributed by atoms with Gasteiger partial charge in [-0.2, -0.15) is 11.8 Å². The van der Waals surface area contributed by atoms with Crippen molar-refractivity contribution in [1.29, 1.82) is 0 Å². The summed E-state index contributed by atoms with van der Waals surface area (Å²) in [5.74, 6) is 2.33. The molecule has 7 heteroatoms. The van der Waals surface area contributed by atoms with Crippen LogP contribution in [0.15, 0.2) is 0 Å². The number of nitrogens with zero attached hydrogens (tertiary/aromatic N) is 2. The molecule has 0 aromatic rings. The molecular weight excluding hydrogens is 300 g/mol. The normalized spacial score (nSPS) is 28.3. The van der Waals surface area contributed by atoms with Crippen LogP contribution in [0.25, 0.3) is 0 Å². The van der Waals surface area contributed by atoms with Crippen LogP contribution in [0.5, 0.6) is 0 Å². The Kier molecular flexibility index (Phi) is 5.25. The van der Waals surface area contributed by atoms with E-state index in [-0.39, 0.29) is 24.0 Å². The van der Waals surface area contributed by atoms with E-state index in [2.05, 4.69) is 20.4 Å². The maximum atomic E-state index is 12.2. The van der Waals surface area contributed by atoms with E-state index >= 15 is 0 Å². The molecule has 1 saturated carbocycles. The Morgan fingerprint density at radius 3 is 2.45 bits per heavy atom. The zero-order chi connectivity index (χ0) is 15.5. The van der Waals surface area contributed by atoms with Gasteiger partial charge in [0.25, 0.3) is 0 Å². The smallest absolute Gasteiger partial charge is 0.321 e.